The molecule has 1 aromatic carbocycles. The number of hydrogen-bond donors (Lipinski definition) is 2. The molecule has 0 unspecified atom stereocenters. The van der Waals surface area contributed by atoms with Crippen LogP contribution in [0.1, 0.15) is 5.56 Å². The van der Waals surface area contributed by atoms with E-state index in [1.54, 1.807) is 17.8 Å². The smallest absolute Gasteiger partial charge is 0.262 e. The molecule has 5 nitrogen and oxygen atoms in total. The maximum atomic E-state index is 12.2. The highest BCUT2D eigenvalue weighted by Crippen LogP contribution is 2.27. The average Bonchev–Trinajstić information content (AvgIpc) is 2.91. The minimum atomic E-state index is -0.369. The van der Waals surface area contributed by atoms with E-state index in [4.69, 9.17) is 0 Å². The Morgan fingerprint density at radius 1 is 1.35 bits per heavy atom. The molecule has 20 heavy (non-hydrogen) atoms. The second kappa shape index (κ2) is 4.90. The monoisotopic (exact) mass is 285 g/mol. The first-order valence-corrected chi connectivity index (χ1v) is 6.82. The van der Waals surface area contributed by atoms with Gasteiger partial charge < -0.3 is 10.1 Å². The summed E-state index contributed by atoms with van der Waals surface area (Å²) in [6.45, 7) is 1.92. The van der Waals surface area contributed by atoms with Gasteiger partial charge >= 0.3 is 0 Å². The standard InChI is InChI=1S/C14H11N3O2S/c1-8-3-2-4-9(5-8)11-13(18)16-12(17-14(11)19)10-6-15-7-20-10/h2-7H,1H3,(H2,16,17,18,19). The minimum Gasteiger partial charge on any atom is -0.493 e. The van der Waals surface area contributed by atoms with E-state index in [0.29, 0.717) is 16.3 Å². The molecule has 100 valence electrons. The van der Waals surface area contributed by atoms with Crippen LogP contribution in [0.2, 0.25) is 0 Å². The van der Waals surface area contributed by atoms with Crippen LogP contribution >= 0.6 is 11.3 Å². The number of aromatic amines is 1. The fraction of sp³-hybridized carbons (Fsp3) is 0.0714. The van der Waals surface area contributed by atoms with E-state index in [1.807, 2.05) is 25.1 Å². The molecule has 2 N–H and O–H groups in total. The maximum absolute atomic E-state index is 12.2. The molecule has 2 heterocycles. The molecule has 0 saturated heterocycles. The van der Waals surface area contributed by atoms with Gasteiger partial charge in [0.05, 0.1) is 10.4 Å². The molecule has 0 spiro atoms. The van der Waals surface area contributed by atoms with Gasteiger partial charge in [-0.2, -0.15) is 4.98 Å². The summed E-state index contributed by atoms with van der Waals surface area (Å²) in [5.41, 5.74) is 3.11. The Kier molecular flexibility index (Phi) is 3.08. The van der Waals surface area contributed by atoms with Gasteiger partial charge in [0.2, 0.25) is 5.88 Å². The zero-order valence-corrected chi connectivity index (χ0v) is 11.4. The van der Waals surface area contributed by atoms with E-state index >= 15 is 0 Å². The number of hydrogen-bond acceptors (Lipinski definition) is 5. The van der Waals surface area contributed by atoms with Crippen LogP contribution in [-0.4, -0.2) is 20.1 Å². The average molecular weight is 285 g/mol. The highest BCUT2D eigenvalue weighted by atomic mass is 32.1. The van der Waals surface area contributed by atoms with Crippen LogP contribution in [0.3, 0.4) is 0 Å². The highest BCUT2D eigenvalue weighted by Gasteiger charge is 2.14. The molecule has 0 aliphatic carbocycles. The predicted octanol–water partition coefficient (Wildman–Crippen LogP) is 2.57. The molecule has 6 heteroatoms. The minimum absolute atomic E-state index is 0.182. The number of aryl methyl sites for hydroxylation is 1. The Hall–Kier alpha value is -2.47. The third-order valence-electron chi connectivity index (χ3n) is 2.87. The van der Waals surface area contributed by atoms with Crippen molar-refractivity contribution >= 4 is 11.3 Å². The number of aromatic hydroxyl groups is 1. The fourth-order valence-corrected chi connectivity index (χ4v) is 2.54. The van der Waals surface area contributed by atoms with Crippen molar-refractivity contribution in [3.8, 4) is 27.7 Å². The van der Waals surface area contributed by atoms with Crippen LogP contribution < -0.4 is 5.56 Å². The van der Waals surface area contributed by atoms with E-state index in [2.05, 4.69) is 15.0 Å². The third-order valence-corrected chi connectivity index (χ3v) is 3.65. The first-order valence-electron chi connectivity index (χ1n) is 5.94. The third kappa shape index (κ3) is 2.21. The Morgan fingerprint density at radius 3 is 2.85 bits per heavy atom. The van der Waals surface area contributed by atoms with Crippen LogP contribution in [0.15, 0.2) is 40.8 Å². The summed E-state index contributed by atoms with van der Waals surface area (Å²) >= 11 is 1.34. The van der Waals surface area contributed by atoms with Crippen molar-refractivity contribution in [2.75, 3.05) is 0 Å². The maximum Gasteiger partial charge on any atom is 0.262 e. The quantitative estimate of drug-likeness (QED) is 0.758. The van der Waals surface area contributed by atoms with Crippen LogP contribution in [0.25, 0.3) is 21.8 Å². The lowest BCUT2D eigenvalue weighted by Gasteiger charge is -2.05. The normalized spacial score (nSPS) is 10.7. The van der Waals surface area contributed by atoms with E-state index in [-0.39, 0.29) is 17.0 Å². The number of H-pyrrole nitrogens is 1. The van der Waals surface area contributed by atoms with Crippen LogP contribution in [0, 0.1) is 6.92 Å². The molecule has 0 atom stereocenters. The number of thiazole rings is 1. The van der Waals surface area contributed by atoms with Gasteiger partial charge in [-0.15, -0.1) is 11.3 Å². The van der Waals surface area contributed by atoms with Gasteiger partial charge in [0.25, 0.3) is 5.56 Å². The molecule has 0 radical (unpaired) electrons. The van der Waals surface area contributed by atoms with Crippen molar-refractivity contribution in [1.82, 2.24) is 15.0 Å². The van der Waals surface area contributed by atoms with E-state index in [1.165, 1.54) is 11.3 Å². The van der Waals surface area contributed by atoms with Crippen molar-refractivity contribution in [1.29, 1.82) is 0 Å². The summed E-state index contributed by atoms with van der Waals surface area (Å²) < 4.78 is 0. The van der Waals surface area contributed by atoms with Gasteiger partial charge in [0, 0.05) is 6.20 Å². The fourth-order valence-electron chi connectivity index (χ4n) is 1.97. The summed E-state index contributed by atoms with van der Waals surface area (Å²) in [4.78, 5) is 23.6. The summed E-state index contributed by atoms with van der Waals surface area (Å²) in [5.74, 6) is 0.0501. The van der Waals surface area contributed by atoms with Gasteiger partial charge in [-0.05, 0) is 12.5 Å². The zero-order valence-electron chi connectivity index (χ0n) is 10.6. The number of aromatic nitrogens is 3. The number of nitrogens with zero attached hydrogens (tertiary/aromatic N) is 2. The molecule has 2 aromatic heterocycles. The Morgan fingerprint density at radius 2 is 2.20 bits per heavy atom. The van der Waals surface area contributed by atoms with Crippen LogP contribution in [0.5, 0.6) is 5.88 Å². The number of rotatable bonds is 2. The summed E-state index contributed by atoms with van der Waals surface area (Å²) in [7, 11) is 0. The molecule has 3 rings (SSSR count). The molecule has 0 bridgehead atoms. The lowest BCUT2D eigenvalue weighted by molar-refractivity contribution is 0.454. The van der Waals surface area contributed by atoms with Crippen molar-refractivity contribution < 1.29 is 5.11 Å². The van der Waals surface area contributed by atoms with Gasteiger partial charge in [0.15, 0.2) is 5.82 Å². The summed E-state index contributed by atoms with van der Waals surface area (Å²) in [6, 6.07) is 7.36. The van der Waals surface area contributed by atoms with Crippen molar-refractivity contribution in [3.05, 3.63) is 51.9 Å². The van der Waals surface area contributed by atoms with Crippen LogP contribution in [0.4, 0.5) is 0 Å². The largest absolute Gasteiger partial charge is 0.493 e. The molecule has 0 aliphatic heterocycles. The molecule has 3 aromatic rings. The molecule has 0 fully saturated rings. The highest BCUT2D eigenvalue weighted by molar-refractivity contribution is 7.13. The molecule has 0 amide bonds. The van der Waals surface area contributed by atoms with Gasteiger partial charge in [-0.3, -0.25) is 9.78 Å². The number of benzene rings is 1. The molecular formula is C14H11N3O2S. The first-order chi connectivity index (χ1) is 9.65. The molecular weight excluding hydrogens is 274 g/mol. The zero-order chi connectivity index (χ0) is 14.1. The summed E-state index contributed by atoms with van der Waals surface area (Å²) in [5, 5.41) is 10.1. The Bertz CT molecular complexity index is 810. The topological polar surface area (TPSA) is 78.9 Å². The molecule has 0 saturated carbocycles. The van der Waals surface area contributed by atoms with Crippen LogP contribution in [-0.2, 0) is 0 Å². The second-order valence-electron chi connectivity index (χ2n) is 4.35. The second-order valence-corrected chi connectivity index (χ2v) is 5.23. The molecule has 0 aliphatic rings. The van der Waals surface area contributed by atoms with E-state index in [0.717, 1.165) is 5.56 Å². The first kappa shape index (κ1) is 12.6. The number of nitrogens with one attached hydrogen (secondary N) is 1. The Labute approximate surface area is 118 Å². The lowest BCUT2D eigenvalue weighted by Crippen LogP contribution is -2.11. The summed E-state index contributed by atoms with van der Waals surface area (Å²) in [6.07, 6.45) is 1.59. The van der Waals surface area contributed by atoms with E-state index in [9.17, 15) is 9.90 Å². The van der Waals surface area contributed by atoms with Crippen molar-refractivity contribution in [3.63, 3.8) is 0 Å². The Balaban J connectivity index is 2.17. The SMILES string of the molecule is Cc1cccc(-c2c(O)nc(-c3cncs3)[nH]c2=O)c1. The van der Waals surface area contributed by atoms with E-state index < -0.39 is 0 Å². The van der Waals surface area contributed by atoms with Gasteiger partial charge in [-0.1, -0.05) is 29.8 Å². The predicted molar refractivity (Wildman–Crippen MR) is 77.8 cm³/mol. The van der Waals surface area contributed by atoms with Crippen molar-refractivity contribution in [2.24, 2.45) is 0 Å². The van der Waals surface area contributed by atoms with Crippen molar-refractivity contribution in [2.45, 2.75) is 6.92 Å². The van der Waals surface area contributed by atoms with Gasteiger partial charge in [-0.25, -0.2) is 0 Å². The van der Waals surface area contributed by atoms with Gasteiger partial charge in [0.1, 0.15) is 5.56 Å². The lowest BCUT2D eigenvalue weighted by atomic mass is 10.1.